The molecule has 4 N–H and O–H groups in total. The highest BCUT2D eigenvalue weighted by Crippen LogP contribution is 2.26. The Morgan fingerprint density at radius 2 is 2.09 bits per heavy atom. The van der Waals surface area contributed by atoms with E-state index in [9.17, 15) is 8.42 Å². The van der Waals surface area contributed by atoms with Crippen LogP contribution in [-0.2, 0) is 10.0 Å². The number of hydrogen-bond donors (Lipinski definition) is 3. The van der Waals surface area contributed by atoms with Crippen molar-refractivity contribution in [3.8, 4) is 0 Å². The Balaban J connectivity index is 2.38. The number of nitrogens with zero attached hydrogens (tertiary/aromatic N) is 3. The summed E-state index contributed by atoms with van der Waals surface area (Å²) in [4.78, 5) is 1.63. The van der Waals surface area contributed by atoms with E-state index < -0.39 is 23.0 Å². The third kappa shape index (κ3) is 3.71. The fourth-order valence-corrected chi connectivity index (χ4v) is 2.90. The predicted octanol–water partition coefficient (Wildman–Crippen LogP) is -0.567. The molecule has 0 fully saturated rings. The van der Waals surface area contributed by atoms with E-state index >= 15 is 0 Å². The quantitative estimate of drug-likeness (QED) is 0.587. The number of nitrogens with one attached hydrogen (secondary N) is 2. The molecular formula is C12H20N6O3S. The fourth-order valence-electron chi connectivity index (χ4n) is 1.75. The zero-order valence-corrected chi connectivity index (χ0v) is 12.9. The Hall–Kier alpha value is -1.75. The molecule has 0 atom stereocenters. The second-order valence-corrected chi connectivity index (χ2v) is 6.40. The van der Waals surface area contributed by atoms with Gasteiger partial charge in [-0.3, -0.25) is 0 Å². The number of nitrogens with two attached hydrogens (primary N) is 1. The molecule has 10 heteroatoms. The molecule has 0 saturated heterocycles. The van der Waals surface area contributed by atoms with Crippen molar-refractivity contribution in [2.24, 2.45) is 5.73 Å². The monoisotopic (exact) mass is 332 g/mol. The molecule has 0 aliphatic rings. The lowest BCUT2D eigenvalue weighted by atomic mass is 10.2. The summed E-state index contributed by atoms with van der Waals surface area (Å²) in [6.07, 6.45) is 0. The van der Waals surface area contributed by atoms with Gasteiger partial charge in [-0.25, -0.2) is 17.8 Å². The van der Waals surface area contributed by atoms with Crippen LogP contribution in [0.3, 0.4) is 0 Å². The number of fused-ring (bicyclic) bond motifs is 1. The number of hydrogen-bond acceptors (Lipinski definition) is 8. The van der Waals surface area contributed by atoms with Gasteiger partial charge in [-0.15, -0.1) is 0 Å². The summed E-state index contributed by atoms with van der Waals surface area (Å²) in [6, 6.07) is 2.45. The maximum Gasteiger partial charge on any atom is 0.242 e. The molecule has 0 unspecified atom stereocenters. The first kappa shape index (κ1) is 11.8. The molecule has 2 rings (SSSR count). The van der Waals surface area contributed by atoms with Gasteiger partial charge in [0.05, 0.1) is 8.43 Å². The summed E-state index contributed by atoms with van der Waals surface area (Å²) >= 11 is 0. The van der Waals surface area contributed by atoms with Crippen molar-refractivity contribution < 1.29 is 18.5 Å². The van der Waals surface area contributed by atoms with Crippen molar-refractivity contribution >= 4 is 26.7 Å². The van der Waals surface area contributed by atoms with Crippen LogP contribution in [0.1, 0.15) is 5.48 Å². The molecular weight excluding hydrogens is 308 g/mol. The van der Waals surface area contributed by atoms with Crippen molar-refractivity contribution in [2.75, 3.05) is 45.5 Å². The first-order chi connectivity index (χ1) is 11.8. The van der Waals surface area contributed by atoms with Gasteiger partial charge in [0.1, 0.15) is 4.90 Å². The summed E-state index contributed by atoms with van der Waals surface area (Å²) in [6.45, 7) is -4.68. The highest BCUT2D eigenvalue weighted by molar-refractivity contribution is 7.89. The largest absolute Gasteiger partial charge is 0.382 e. The SMILES string of the molecule is [2H]C([2H])(N)C([2H])([2H])Nc1ccc(S(=O)(=O)NCCN(C)C)c2nonc12. The maximum atomic E-state index is 12.5. The molecule has 1 aromatic carbocycles. The highest BCUT2D eigenvalue weighted by atomic mass is 32.2. The molecule has 9 nitrogen and oxygen atoms in total. The average Bonchev–Trinajstić information content (AvgIpc) is 2.94. The Labute approximate surface area is 134 Å². The number of anilines is 1. The number of aromatic nitrogens is 2. The van der Waals surface area contributed by atoms with E-state index in [1.807, 2.05) is 4.90 Å². The van der Waals surface area contributed by atoms with Crippen LogP contribution >= 0.6 is 0 Å². The highest BCUT2D eigenvalue weighted by Gasteiger charge is 2.22. The van der Waals surface area contributed by atoms with Gasteiger partial charge in [-0.1, -0.05) is 0 Å². The van der Waals surface area contributed by atoms with Crippen molar-refractivity contribution in [1.29, 1.82) is 0 Å². The van der Waals surface area contributed by atoms with Crippen LogP contribution < -0.4 is 15.8 Å². The molecule has 0 radical (unpaired) electrons. The van der Waals surface area contributed by atoms with Crippen LogP contribution in [0, 0.1) is 0 Å². The molecule has 0 saturated carbocycles. The Bertz CT molecular complexity index is 881. The second kappa shape index (κ2) is 7.01. The van der Waals surface area contributed by atoms with Crippen molar-refractivity contribution in [3.63, 3.8) is 0 Å². The predicted molar refractivity (Wildman–Crippen MR) is 83.1 cm³/mol. The first-order valence-electron chi connectivity index (χ1n) is 8.32. The molecule has 1 aromatic heterocycles. The van der Waals surface area contributed by atoms with Crippen LogP contribution in [0.5, 0.6) is 0 Å². The number of sulfonamides is 1. The lowest BCUT2D eigenvalue weighted by Gasteiger charge is -2.11. The average molecular weight is 332 g/mol. The van der Waals surface area contributed by atoms with Crippen LogP contribution in [0.2, 0.25) is 0 Å². The van der Waals surface area contributed by atoms with E-state index in [0.29, 0.717) is 6.54 Å². The number of rotatable bonds is 8. The molecule has 0 bridgehead atoms. The summed E-state index contributed by atoms with van der Waals surface area (Å²) in [5, 5.41) is 9.44. The number of benzene rings is 1. The zero-order chi connectivity index (χ0) is 19.8. The first-order valence-corrected chi connectivity index (χ1v) is 7.80. The van der Waals surface area contributed by atoms with Gasteiger partial charge in [0.15, 0.2) is 11.0 Å². The van der Waals surface area contributed by atoms with Crippen LogP contribution in [-0.4, -0.2) is 63.8 Å². The van der Waals surface area contributed by atoms with E-state index in [4.69, 9.17) is 11.2 Å². The summed E-state index contributed by atoms with van der Waals surface area (Å²) in [7, 11) is -0.293. The molecule has 0 amide bonds. The van der Waals surface area contributed by atoms with Gasteiger partial charge in [-0.2, -0.15) is 0 Å². The third-order valence-corrected chi connectivity index (χ3v) is 4.28. The van der Waals surface area contributed by atoms with Crippen LogP contribution in [0.25, 0.3) is 11.0 Å². The fraction of sp³-hybridized carbons (Fsp3) is 0.500. The smallest absolute Gasteiger partial charge is 0.242 e. The van der Waals surface area contributed by atoms with Gasteiger partial charge >= 0.3 is 0 Å². The van der Waals surface area contributed by atoms with Gasteiger partial charge in [0.25, 0.3) is 0 Å². The van der Waals surface area contributed by atoms with Crippen molar-refractivity contribution in [1.82, 2.24) is 19.9 Å². The standard InChI is InChI=1S/C12H20N6O3S/c1-18(2)8-7-15-22(19,20)10-4-3-9(14-6-5-13)11-12(10)17-21-16-11/h3-4,14-15H,5-8,13H2,1-2H3/i5D2,6D2. The van der Waals surface area contributed by atoms with Crippen LogP contribution in [0.4, 0.5) is 5.69 Å². The van der Waals surface area contributed by atoms with E-state index in [2.05, 4.69) is 25.0 Å². The molecule has 22 heavy (non-hydrogen) atoms. The van der Waals surface area contributed by atoms with Crippen molar-refractivity contribution in [3.05, 3.63) is 12.1 Å². The zero-order valence-electron chi connectivity index (χ0n) is 16.1. The minimum atomic E-state index is -3.90. The molecule has 0 aliphatic carbocycles. The molecule has 2 aromatic rings. The Morgan fingerprint density at radius 3 is 2.77 bits per heavy atom. The molecule has 122 valence electrons. The lowest BCUT2D eigenvalue weighted by molar-refractivity contribution is 0.315. The lowest BCUT2D eigenvalue weighted by Crippen LogP contribution is -2.31. The topological polar surface area (TPSA) is 126 Å². The summed E-state index contributed by atoms with van der Waals surface area (Å²) in [5.41, 5.74) is 5.01. The maximum absolute atomic E-state index is 12.5. The van der Waals surface area contributed by atoms with Crippen molar-refractivity contribution in [2.45, 2.75) is 4.90 Å². The van der Waals surface area contributed by atoms with Gasteiger partial charge < -0.3 is 16.0 Å². The second-order valence-electron chi connectivity index (χ2n) is 4.67. The Morgan fingerprint density at radius 1 is 1.36 bits per heavy atom. The van der Waals surface area contributed by atoms with E-state index in [0.717, 1.165) is 0 Å². The van der Waals surface area contributed by atoms with Gasteiger partial charge in [-0.05, 0) is 36.5 Å². The van der Waals surface area contributed by atoms with Gasteiger partial charge in [0.2, 0.25) is 10.0 Å². The third-order valence-electron chi connectivity index (χ3n) is 2.79. The normalized spacial score (nSPS) is 16.2. The summed E-state index contributed by atoms with van der Waals surface area (Å²) < 4.78 is 62.0. The van der Waals surface area contributed by atoms with E-state index in [-0.39, 0.29) is 28.2 Å². The number of likely N-dealkylation sites (N-methyl/N-ethyl adjacent to an activating group) is 1. The summed E-state index contributed by atoms with van der Waals surface area (Å²) in [5.74, 6) is 0. The molecule has 0 spiro atoms. The Kier molecular flexibility index (Phi) is 3.75. The van der Waals surface area contributed by atoms with Gasteiger partial charge in [0, 0.05) is 28.8 Å². The molecule has 1 heterocycles. The molecule has 0 aliphatic heterocycles. The van der Waals surface area contributed by atoms with E-state index in [1.165, 1.54) is 12.1 Å². The van der Waals surface area contributed by atoms with Crippen LogP contribution in [0.15, 0.2) is 21.7 Å². The minimum Gasteiger partial charge on any atom is -0.382 e. The van der Waals surface area contributed by atoms with E-state index in [1.54, 1.807) is 14.1 Å². The minimum absolute atomic E-state index is 0.00665.